The number of aryl methyl sites for hydroxylation is 1. The molecule has 0 unspecified atom stereocenters. The van der Waals surface area contributed by atoms with Crippen molar-refractivity contribution >= 4 is 17.5 Å². The number of carbonyl (C=O) groups is 2. The van der Waals surface area contributed by atoms with E-state index in [1.54, 1.807) is 36.4 Å². The molecule has 4 rings (SSSR count). The third-order valence-electron chi connectivity index (χ3n) is 4.96. The maximum absolute atomic E-state index is 13.0. The Kier molecular flexibility index (Phi) is 4.35. The molecule has 2 aliphatic rings. The molecule has 2 aromatic carbocycles. The molecule has 138 valence electrons. The fourth-order valence-corrected chi connectivity index (χ4v) is 3.41. The van der Waals surface area contributed by atoms with Crippen molar-refractivity contribution in [1.82, 2.24) is 5.01 Å². The largest absolute Gasteiger partial charge is 0.497 e. The van der Waals surface area contributed by atoms with E-state index in [4.69, 9.17) is 4.74 Å². The first kappa shape index (κ1) is 17.2. The van der Waals surface area contributed by atoms with Crippen LogP contribution in [0.15, 0.2) is 58.9 Å². The lowest BCUT2D eigenvalue weighted by molar-refractivity contribution is -0.123. The lowest BCUT2D eigenvalue weighted by Crippen LogP contribution is -2.39. The van der Waals surface area contributed by atoms with Crippen molar-refractivity contribution in [2.45, 2.75) is 32.0 Å². The van der Waals surface area contributed by atoms with Gasteiger partial charge in [-0.2, -0.15) is 5.11 Å². The number of methoxy groups -OCH3 is 1. The van der Waals surface area contributed by atoms with Gasteiger partial charge in [-0.05, 0) is 41.8 Å². The molecule has 2 heterocycles. The third kappa shape index (κ3) is 2.95. The van der Waals surface area contributed by atoms with Crippen molar-refractivity contribution in [3.05, 3.63) is 59.7 Å². The average Bonchev–Trinajstić information content (AvgIpc) is 3.22. The highest BCUT2D eigenvalue weighted by Crippen LogP contribution is 2.33. The Morgan fingerprint density at radius 3 is 2.26 bits per heavy atom. The van der Waals surface area contributed by atoms with E-state index in [1.165, 1.54) is 10.5 Å². The van der Waals surface area contributed by atoms with Gasteiger partial charge in [-0.1, -0.05) is 36.4 Å². The standard InChI is InChI=1S/C20H20N4O3/c1-3-13-4-6-14(7-5-13)12-23-18-17(21-22-23)19(25)24(20(18)26)15-8-10-16(27-2)11-9-15/h4-11,17-18H,3,12H2,1-2H3/t17-,18+/m0/s1. The van der Waals surface area contributed by atoms with Gasteiger partial charge in [0.15, 0.2) is 12.1 Å². The lowest BCUT2D eigenvalue weighted by atomic mass is 10.1. The van der Waals surface area contributed by atoms with Crippen LogP contribution in [0.4, 0.5) is 5.69 Å². The first-order chi connectivity index (χ1) is 13.1. The predicted molar refractivity (Wildman–Crippen MR) is 99.3 cm³/mol. The van der Waals surface area contributed by atoms with Gasteiger partial charge in [-0.3, -0.25) is 14.6 Å². The predicted octanol–water partition coefficient (Wildman–Crippen LogP) is 2.75. The summed E-state index contributed by atoms with van der Waals surface area (Å²) in [5.41, 5.74) is 2.79. The number of hydrogen-bond acceptors (Lipinski definition) is 6. The van der Waals surface area contributed by atoms with E-state index in [2.05, 4.69) is 29.4 Å². The molecule has 7 nitrogen and oxygen atoms in total. The quantitative estimate of drug-likeness (QED) is 0.765. The van der Waals surface area contributed by atoms with Crippen LogP contribution in [0.5, 0.6) is 5.75 Å². The topological polar surface area (TPSA) is 74.6 Å². The Hall–Kier alpha value is -3.22. The summed E-state index contributed by atoms with van der Waals surface area (Å²) < 4.78 is 5.13. The van der Waals surface area contributed by atoms with Crippen molar-refractivity contribution in [2.24, 2.45) is 10.3 Å². The van der Waals surface area contributed by atoms with E-state index in [9.17, 15) is 9.59 Å². The van der Waals surface area contributed by atoms with Crippen LogP contribution in [0, 0.1) is 0 Å². The van der Waals surface area contributed by atoms with E-state index in [1.807, 2.05) is 12.1 Å². The molecule has 1 saturated heterocycles. The molecule has 0 aliphatic carbocycles. The number of hydrogen-bond donors (Lipinski definition) is 0. The Balaban J connectivity index is 1.55. The smallest absolute Gasteiger partial charge is 0.263 e. The number of anilines is 1. The Bertz CT molecular complexity index is 892. The van der Waals surface area contributed by atoms with Crippen molar-refractivity contribution in [3.63, 3.8) is 0 Å². The number of amides is 2. The zero-order chi connectivity index (χ0) is 19.0. The molecule has 2 aliphatic heterocycles. The summed E-state index contributed by atoms with van der Waals surface area (Å²) in [6.45, 7) is 2.54. The summed E-state index contributed by atoms with van der Waals surface area (Å²) in [4.78, 5) is 26.9. The number of fused-ring (bicyclic) bond motifs is 1. The molecule has 2 amide bonds. The van der Waals surface area contributed by atoms with Crippen molar-refractivity contribution < 1.29 is 14.3 Å². The van der Waals surface area contributed by atoms with Gasteiger partial charge in [0.1, 0.15) is 5.75 Å². The number of imide groups is 1. The number of rotatable bonds is 5. The van der Waals surface area contributed by atoms with E-state index in [0.717, 1.165) is 12.0 Å². The zero-order valence-corrected chi connectivity index (χ0v) is 15.2. The second-order valence-electron chi connectivity index (χ2n) is 6.57. The van der Waals surface area contributed by atoms with Gasteiger partial charge in [0.05, 0.1) is 19.3 Å². The number of benzene rings is 2. The molecule has 7 heteroatoms. The fraction of sp³-hybridized carbons (Fsp3) is 0.300. The minimum atomic E-state index is -0.783. The molecular formula is C20H20N4O3. The van der Waals surface area contributed by atoms with E-state index in [-0.39, 0.29) is 11.8 Å². The normalized spacial score (nSPS) is 21.1. The lowest BCUT2D eigenvalue weighted by Gasteiger charge is -2.20. The molecule has 27 heavy (non-hydrogen) atoms. The molecule has 2 atom stereocenters. The molecule has 0 bridgehead atoms. The number of ether oxygens (including phenoxy) is 1. The van der Waals surface area contributed by atoms with Crippen LogP contribution in [0.1, 0.15) is 18.1 Å². The van der Waals surface area contributed by atoms with Crippen LogP contribution in [0.25, 0.3) is 0 Å². The molecule has 0 radical (unpaired) electrons. The summed E-state index contributed by atoms with van der Waals surface area (Å²) in [6.07, 6.45) is 0.970. The van der Waals surface area contributed by atoms with Gasteiger partial charge in [0, 0.05) is 0 Å². The summed E-state index contributed by atoms with van der Waals surface area (Å²) >= 11 is 0. The maximum atomic E-state index is 13.0. The third-order valence-corrected chi connectivity index (χ3v) is 4.96. The highest BCUT2D eigenvalue weighted by molar-refractivity contribution is 6.25. The molecule has 0 N–H and O–H groups in total. The number of nitrogens with zero attached hydrogens (tertiary/aromatic N) is 4. The Morgan fingerprint density at radius 2 is 1.63 bits per heavy atom. The first-order valence-electron chi connectivity index (χ1n) is 8.89. The summed E-state index contributed by atoms with van der Waals surface area (Å²) in [5.74, 6) is 0.0166. The van der Waals surface area contributed by atoms with E-state index in [0.29, 0.717) is 18.0 Å². The van der Waals surface area contributed by atoms with Gasteiger partial charge in [0.25, 0.3) is 11.8 Å². The van der Waals surface area contributed by atoms with Gasteiger partial charge >= 0.3 is 0 Å². The van der Waals surface area contributed by atoms with Gasteiger partial charge in [-0.15, -0.1) is 0 Å². The summed E-state index contributed by atoms with van der Waals surface area (Å²) in [7, 11) is 1.57. The Labute approximate surface area is 157 Å². The maximum Gasteiger partial charge on any atom is 0.263 e. The average molecular weight is 364 g/mol. The van der Waals surface area contributed by atoms with Crippen molar-refractivity contribution in [3.8, 4) is 5.75 Å². The fourth-order valence-electron chi connectivity index (χ4n) is 3.41. The molecule has 1 fully saturated rings. The SMILES string of the molecule is CCc1ccc(CN2N=N[C@@H]3C(=O)N(c4ccc(OC)cc4)C(=O)[C@@H]32)cc1. The zero-order valence-electron chi connectivity index (χ0n) is 15.2. The minimum absolute atomic E-state index is 0.301. The van der Waals surface area contributed by atoms with Crippen molar-refractivity contribution in [2.75, 3.05) is 12.0 Å². The van der Waals surface area contributed by atoms with Crippen LogP contribution in [-0.2, 0) is 22.6 Å². The number of carbonyl (C=O) groups excluding carboxylic acids is 2. The van der Waals surface area contributed by atoms with Crippen LogP contribution < -0.4 is 9.64 Å². The van der Waals surface area contributed by atoms with Crippen LogP contribution in [0.2, 0.25) is 0 Å². The Morgan fingerprint density at radius 1 is 0.963 bits per heavy atom. The molecule has 0 saturated carbocycles. The molecule has 0 spiro atoms. The van der Waals surface area contributed by atoms with Gasteiger partial charge in [-0.25, -0.2) is 4.90 Å². The van der Waals surface area contributed by atoms with Crippen LogP contribution in [0.3, 0.4) is 0 Å². The highest BCUT2D eigenvalue weighted by Gasteiger charge is 2.54. The van der Waals surface area contributed by atoms with Gasteiger partial charge < -0.3 is 4.74 Å². The molecular weight excluding hydrogens is 344 g/mol. The monoisotopic (exact) mass is 364 g/mol. The van der Waals surface area contributed by atoms with Crippen LogP contribution in [-0.4, -0.2) is 36.0 Å². The van der Waals surface area contributed by atoms with Gasteiger partial charge in [0.2, 0.25) is 0 Å². The summed E-state index contributed by atoms with van der Waals surface area (Å²) in [6, 6.07) is 13.5. The van der Waals surface area contributed by atoms with Crippen LogP contribution >= 0.6 is 0 Å². The second kappa shape index (κ2) is 6.83. The minimum Gasteiger partial charge on any atom is -0.497 e. The first-order valence-corrected chi connectivity index (χ1v) is 8.89. The second-order valence-corrected chi connectivity index (χ2v) is 6.57. The van der Waals surface area contributed by atoms with E-state index >= 15 is 0 Å². The highest BCUT2D eigenvalue weighted by atomic mass is 16.5. The molecule has 0 aromatic heterocycles. The summed E-state index contributed by atoms with van der Waals surface area (Å²) in [5, 5.41) is 9.76. The van der Waals surface area contributed by atoms with E-state index < -0.39 is 12.1 Å². The van der Waals surface area contributed by atoms with Crippen molar-refractivity contribution in [1.29, 1.82) is 0 Å². The molecule has 2 aromatic rings.